The minimum absolute atomic E-state index is 0.183. The molecule has 0 radical (unpaired) electrons. The maximum Gasteiger partial charge on any atom is 0.255 e. The smallest absolute Gasteiger partial charge is 0.255 e. The number of rotatable bonds is 4. The summed E-state index contributed by atoms with van der Waals surface area (Å²) >= 11 is 7.12. The molecule has 4 rings (SSSR count). The van der Waals surface area contributed by atoms with Crippen LogP contribution >= 0.6 is 23.6 Å². The van der Waals surface area contributed by atoms with Gasteiger partial charge in [0.25, 0.3) is 5.91 Å². The highest BCUT2D eigenvalue weighted by Crippen LogP contribution is 2.24. The van der Waals surface area contributed by atoms with E-state index in [1.165, 1.54) is 4.70 Å². The van der Waals surface area contributed by atoms with E-state index in [-0.39, 0.29) is 5.91 Å². The van der Waals surface area contributed by atoms with Gasteiger partial charge < -0.3 is 15.6 Å². The first-order chi connectivity index (χ1) is 13.1. The minimum atomic E-state index is -0.183. The van der Waals surface area contributed by atoms with Crippen LogP contribution < -0.4 is 11.1 Å². The second-order valence-corrected chi connectivity index (χ2v) is 7.84. The lowest BCUT2D eigenvalue weighted by Gasteiger charge is -2.09. The molecule has 3 aromatic carbocycles. The number of hydrogen-bond acceptors (Lipinski definition) is 4. The van der Waals surface area contributed by atoms with Gasteiger partial charge in [-0.2, -0.15) is 0 Å². The first-order valence-electron chi connectivity index (χ1n) is 8.45. The molecule has 4 nitrogen and oxygen atoms in total. The molecule has 0 aliphatic heterocycles. The van der Waals surface area contributed by atoms with E-state index in [0.29, 0.717) is 23.5 Å². The molecule has 0 spiro atoms. The molecule has 1 heterocycles. The lowest BCUT2D eigenvalue weighted by molar-refractivity contribution is 0.102. The third-order valence-corrected chi connectivity index (χ3v) is 5.77. The van der Waals surface area contributed by atoms with Crippen molar-refractivity contribution in [2.45, 2.75) is 6.54 Å². The molecule has 6 heteroatoms. The zero-order valence-corrected chi connectivity index (χ0v) is 16.0. The highest BCUT2D eigenvalue weighted by Gasteiger charge is 2.09. The van der Waals surface area contributed by atoms with Crippen molar-refractivity contribution < 1.29 is 4.79 Å². The second-order valence-electron chi connectivity index (χ2n) is 6.16. The maximum absolute atomic E-state index is 12.4. The molecule has 0 bridgehead atoms. The number of thiazole rings is 1. The van der Waals surface area contributed by atoms with Crippen molar-refractivity contribution in [1.29, 1.82) is 0 Å². The van der Waals surface area contributed by atoms with Crippen molar-refractivity contribution >= 4 is 51.1 Å². The summed E-state index contributed by atoms with van der Waals surface area (Å²) in [5.41, 5.74) is 9.84. The summed E-state index contributed by atoms with van der Waals surface area (Å²) in [6, 6.07) is 23.0. The Balaban J connectivity index is 1.54. The number of carbonyl (C=O) groups is 1. The van der Waals surface area contributed by atoms with E-state index in [0.717, 1.165) is 15.0 Å². The Morgan fingerprint density at radius 1 is 1.00 bits per heavy atom. The van der Waals surface area contributed by atoms with Crippen LogP contribution in [0.4, 0.5) is 11.4 Å². The van der Waals surface area contributed by atoms with Crippen molar-refractivity contribution in [3.8, 4) is 0 Å². The summed E-state index contributed by atoms with van der Waals surface area (Å²) in [5, 5.41) is 2.84. The monoisotopic (exact) mass is 391 g/mol. The number of para-hydroxylation sites is 3. The molecule has 0 unspecified atom stereocenters. The van der Waals surface area contributed by atoms with E-state index in [9.17, 15) is 4.79 Å². The van der Waals surface area contributed by atoms with Gasteiger partial charge >= 0.3 is 0 Å². The van der Waals surface area contributed by atoms with Crippen LogP contribution in [-0.4, -0.2) is 10.5 Å². The van der Waals surface area contributed by atoms with Crippen LogP contribution in [0.3, 0.4) is 0 Å². The lowest BCUT2D eigenvalue weighted by Crippen LogP contribution is -2.13. The fraction of sp³-hybridized carbons (Fsp3) is 0.0476. The van der Waals surface area contributed by atoms with Gasteiger partial charge in [-0.15, -0.1) is 11.3 Å². The molecule has 0 saturated carbocycles. The van der Waals surface area contributed by atoms with Gasteiger partial charge in [0.1, 0.15) is 0 Å². The molecular formula is C21H17N3OS2. The molecule has 1 amide bonds. The fourth-order valence-electron chi connectivity index (χ4n) is 2.91. The van der Waals surface area contributed by atoms with E-state index in [4.69, 9.17) is 18.0 Å². The minimum Gasteiger partial charge on any atom is -0.397 e. The number of fused-ring (bicyclic) bond motifs is 1. The number of nitrogens with zero attached hydrogens (tertiary/aromatic N) is 1. The SMILES string of the molecule is Nc1ccccc1NC(=O)c1ccc(Cn2c(=S)sc3ccccc32)cc1. The van der Waals surface area contributed by atoms with E-state index in [1.807, 2.05) is 48.5 Å². The van der Waals surface area contributed by atoms with Crippen LogP contribution in [0.1, 0.15) is 15.9 Å². The quantitative estimate of drug-likeness (QED) is 0.366. The summed E-state index contributed by atoms with van der Waals surface area (Å²) < 4.78 is 4.14. The molecule has 0 atom stereocenters. The standard InChI is InChI=1S/C21H17N3OS2/c22-16-5-1-2-6-17(16)23-20(25)15-11-9-14(10-12-15)13-24-18-7-3-4-8-19(18)27-21(24)26/h1-12H,13,22H2,(H,23,25). The number of hydrogen-bond donors (Lipinski definition) is 2. The Morgan fingerprint density at radius 3 is 2.48 bits per heavy atom. The van der Waals surface area contributed by atoms with E-state index in [2.05, 4.69) is 22.0 Å². The molecule has 0 aliphatic rings. The van der Waals surface area contributed by atoms with Crippen LogP contribution in [-0.2, 0) is 6.54 Å². The Hall–Kier alpha value is -2.96. The highest BCUT2D eigenvalue weighted by atomic mass is 32.1. The van der Waals surface area contributed by atoms with Gasteiger partial charge in [-0.25, -0.2) is 0 Å². The zero-order chi connectivity index (χ0) is 18.8. The van der Waals surface area contributed by atoms with Crippen LogP contribution in [0, 0.1) is 3.95 Å². The van der Waals surface area contributed by atoms with E-state index in [1.54, 1.807) is 23.5 Å². The Labute approximate surface area is 165 Å². The fourth-order valence-corrected chi connectivity index (χ4v) is 4.24. The topological polar surface area (TPSA) is 60.0 Å². The van der Waals surface area contributed by atoms with Gasteiger partial charge in [-0.1, -0.05) is 36.4 Å². The predicted molar refractivity (Wildman–Crippen MR) is 115 cm³/mol. The molecular weight excluding hydrogens is 374 g/mol. The van der Waals surface area contributed by atoms with Crippen molar-refractivity contribution in [1.82, 2.24) is 4.57 Å². The molecule has 0 saturated heterocycles. The molecule has 0 fully saturated rings. The first-order valence-corrected chi connectivity index (χ1v) is 9.67. The van der Waals surface area contributed by atoms with Crippen molar-refractivity contribution in [2.24, 2.45) is 0 Å². The molecule has 1 aromatic heterocycles. The number of nitrogens with two attached hydrogens (primary N) is 1. The lowest BCUT2D eigenvalue weighted by atomic mass is 10.1. The highest BCUT2D eigenvalue weighted by molar-refractivity contribution is 7.73. The first kappa shape index (κ1) is 17.5. The summed E-state index contributed by atoms with van der Waals surface area (Å²) in [5.74, 6) is -0.183. The second kappa shape index (κ2) is 7.34. The number of carbonyl (C=O) groups excluding carboxylic acids is 1. The normalized spacial score (nSPS) is 10.8. The molecule has 4 aromatic rings. The van der Waals surface area contributed by atoms with E-state index < -0.39 is 0 Å². The van der Waals surface area contributed by atoms with Crippen molar-refractivity contribution in [3.63, 3.8) is 0 Å². The molecule has 3 N–H and O–H groups in total. The van der Waals surface area contributed by atoms with E-state index >= 15 is 0 Å². The Morgan fingerprint density at radius 2 is 1.70 bits per heavy atom. The maximum atomic E-state index is 12.4. The van der Waals surface area contributed by atoms with Gasteiger partial charge in [0, 0.05) is 12.1 Å². The average molecular weight is 392 g/mol. The van der Waals surface area contributed by atoms with Crippen LogP contribution in [0.2, 0.25) is 0 Å². The van der Waals surface area contributed by atoms with Gasteiger partial charge in [0.2, 0.25) is 0 Å². The average Bonchev–Trinajstić information content (AvgIpc) is 2.99. The number of amides is 1. The number of anilines is 2. The number of nitrogen functional groups attached to an aromatic ring is 1. The van der Waals surface area contributed by atoms with Crippen LogP contribution in [0.15, 0.2) is 72.8 Å². The Bertz CT molecular complexity index is 1180. The zero-order valence-electron chi connectivity index (χ0n) is 14.4. The molecule has 0 aliphatic carbocycles. The predicted octanol–water partition coefficient (Wildman–Crippen LogP) is 5.32. The summed E-state index contributed by atoms with van der Waals surface area (Å²) in [6.07, 6.45) is 0. The molecule has 27 heavy (non-hydrogen) atoms. The molecule has 134 valence electrons. The van der Waals surface area contributed by atoms with Gasteiger partial charge in [0.05, 0.1) is 21.6 Å². The van der Waals surface area contributed by atoms with Gasteiger partial charge in [0.15, 0.2) is 3.95 Å². The third kappa shape index (κ3) is 3.63. The van der Waals surface area contributed by atoms with Crippen LogP contribution in [0.5, 0.6) is 0 Å². The van der Waals surface area contributed by atoms with Crippen LogP contribution in [0.25, 0.3) is 10.2 Å². The number of nitrogens with one attached hydrogen (secondary N) is 1. The van der Waals surface area contributed by atoms with Crippen molar-refractivity contribution in [2.75, 3.05) is 11.1 Å². The summed E-state index contributed by atoms with van der Waals surface area (Å²) in [7, 11) is 0. The van der Waals surface area contributed by atoms with Crippen molar-refractivity contribution in [3.05, 3.63) is 87.9 Å². The third-order valence-electron chi connectivity index (χ3n) is 4.34. The summed E-state index contributed by atoms with van der Waals surface area (Å²) in [6.45, 7) is 0.677. The number of benzene rings is 3. The Kier molecular flexibility index (Phi) is 4.75. The van der Waals surface area contributed by atoms with Gasteiger partial charge in [-0.3, -0.25) is 4.79 Å². The summed E-state index contributed by atoms with van der Waals surface area (Å²) in [4.78, 5) is 12.4. The largest absolute Gasteiger partial charge is 0.397 e. The number of aromatic nitrogens is 1. The van der Waals surface area contributed by atoms with Gasteiger partial charge in [-0.05, 0) is 54.2 Å².